The molecule has 0 spiro atoms. The Morgan fingerprint density at radius 2 is 1.85 bits per heavy atom. The maximum atomic E-state index is 12.3. The molecule has 0 saturated heterocycles. The van der Waals surface area contributed by atoms with Crippen LogP contribution in [0.5, 0.6) is 0 Å². The van der Waals surface area contributed by atoms with Gasteiger partial charge in [0.05, 0.1) is 11.4 Å². The number of anilines is 2. The van der Waals surface area contributed by atoms with Crippen molar-refractivity contribution in [3.05, 3.63) is 70.7 Å². The summed E-state index contributed by atoms with van der Waals surface area (Å²) >= 11 is 2.85. The van der Waals surface area contributed by atoms with Gasteiger partial charge in [-0.15, -0.1) is 23.1 Å². The van der Waals surface area contributed by atoms with Gasteiger partial charge < -0.3 is 10.6 Å². The molecule has 1 heterocycles. The Hall–Kier alpha value is -2.64. The molecular weight excluding hydrogens is 378 g/mol. The molecule has 1 aromatic heterocycles. The molecule has 0 fully saturated rings. The van der Waals surface area contributed by atoms with Crippen molar-refractivity contribution >= 4 is 45.7 Å². The van der Waals surface area contributed by atoms with Crippen molar-refractivity contribution in [1.82, 2.24) is 4.98 Å². The summed E-state index contributed by atoms with van der Waals surface area (Å²) in [6.07, 6.45) is 0. The van der Waals surface area contributed by atoms with E-state index in [-0.39, 0.29) is 11.8 Å². The Balaban J connectivity index is 1.51. The summed E-state index contributed by atoms with van der Waals surface area (Å²) in [5.74, 6) is 0.0663. The van der Waals surface area contributed by atoms with Gasteiger partial charge in [-0.1, -0.05) is 17.7 Å². The lowest BCUT2D eigenvalue weighted by Crippen LogP contribution is -2.13. The van der Waals surface area contributed by atoms with Crippen LogP contribution in [0.2, 0.25) is 0 Å². The third-order valence-electron chi connectivity index (χ3n) is 3.63. The highest BCUT2D eigenvalue weighted by Crippen LogP contribution is 2.22. The van der Waals surface area contributed by atoms with Crippen molar-refractivity contribution in [3.63, 3.8) is 0 Å². The zero-order valence-electron chi connectivity index (χ0n) is 15.0. The number of amides is 2. The molecule has 0 aliphatic heterocycles. The number of carbonyl (C=O) groups excluding carboxylic acids is 2. The molecule has 0 atom stereocenters. The Bertz CT molecular complexity index is 952. The molecule has 0 bridgehead atoms. The van der Waals surface area contributed by atoms with Crippen molar-refractivity contribution in [2.45, 2.75) is 18.7 Å². The smallest absolute Gasteiger partial charge is 0.255 e. The fraction of sp³-hybridized carbons (Fsp3) is 0.150. The van der Waals surface area contributed by atoms with Crippen LogP contribution >= 0.6 is 23.1 Å². The summed E-state index contributed by atoms with van der Waals surface area (Å²) in [7, 11) is 0. The van der Waals surface area contributed by atoms with Crippen molar-refractivity contribution in [2.24, 2.45) is 0 Å². The Labute approximate surface area is 166 Å². The maximum absolute atomic E-state index is 12.3. The molecule has 27 heavy (non-hydrogen) atoms. The second-order valence-corrected chi connectivity index (χ2v) is 7.89. The van der Waals surface area contributed by atoms with Crippen LogP contribution < -0.4 is 10.6 Å². The number of carbonyl (C=O) groups is 2. The van der Waals surface area contributed by atoms with E-state index in [1.807, 2.05) is 61.7 Å². The number of benzene rings is 2. The molecule has 0 aliphatic rings. The third-order valence-corrected chi connectivity index (χ3v) is 5.52. The highest BCUT2D eigenvalue weighted by atomic mass is 32.2. The third kappa shape index (κ3) is 5.67. The molecule has 2 aromatic carbocycles. The van der Waals surface area contributed by atoms with E-state index in [0.717, 1.165) is 16.2 Å². The maximum Gasteiger partial charge on any atom is 0.255 e. The van der Waals surface area contributed by atoms with Gasteiger partial charge in [0.1, 0.15) is 0 Å². The fourth-order valence-corrected chi connectivity index (χ4v) is 3.74. The summed E-state index contributed by atoms with van der Waals surface area (Å²) < 4.78 is 0. The molecular formula is C20H19N3O2S2. The summed E-state index contributed by atoms with van der Waals surface area (Å²) in [5.41, 5.74) is 3.28. The number of aryl methyl sites for hydroxylation is 2. The van der Waals surface area contributed by atoms with Crippen molar-refractivity contribution < 1.29 is 9.59 Å². The van der Waals surface area contributed by atoms with E-state index in [2.05, 4.69) is 15.6 Å². The van der Waals surface area contributed by atoms with E-state index < -0.39 is 0 Å². The lowest BCUT2D eigenvalue weighted by atomic mass is 10.1. The molecule has 0 radical (unpaired) electrons. The number of rotatable bonds is 6. The molecule has 3 aromatic rings. The van der Waals surface area contributed by atoms with Gasteiger partial charge in [0.2, 0.25) is 5.91 Å². The van der Waals surface area contributed by atoms with Crippen LogP contribution in [0.1, 0.15) is 21.6 Å². The predicted molar refractivity (Wildman–Crippen MR) is 112 cm³/mol. The molecule has 2 amide bonds. The summed E-state index contributed by atoms with van der Waals surface area (Å²) in [6.45, 7) is 3.84. The van der Waals surface area contributed by atoms with Crippen LogP contribution in [0.4, 0.5) is 10.8 Å². The Morgan fingerprint density at radius 1 is 1.07 bits per heavy atom. The van der Waals surface area contributed by atoms with E-state index in [4.69, 9.17) is 0 Å². The summed E-state index contributed by atoms with van der Waals surface area (Å²) in [6, 6.07) is 14.9. The van der Waals surface area contributed by atoms with Crippen molar-refractivity contribution in [2.75, 3.05) is 16.4 Å². The van der Waals surface area contributed by atoms with Crippen LogP contribution in [0.25, 0.3) is 0 Å². The topological polar surface area (TPSA) is 71.1 Å². The van der Waals surface area contributed by atoms with Gasteiger partial charge in [0, 0.05) is 21.5 Å². The number of hydrogen-bond acceptors (Lipinski definition) is 5. The minimum Gasteiger partial charge on any atom is -0.322 e. The highest BCUT2D eigenvalue weighted by Gasteiger charge is 2.08. The number of aromatic nitrogens is 1. The number of thiazole rings is 1. The number of thioether (sulfide) groups is 1. The van der Waals surface area contributed by atoms with Crippen molar-refractivity contribution in [3.8, 4) is 0 Å². The molecule has 7 heteroatoms. The first kappa shape index (κ1) is 19.1. The van der Waals surface area contributed by atoms with Crippen LogP contribution in [0.15, 0.2) is 58.8 Å². The molecule has 0 unspecified atom stereocenters. The van der Waals surface area contributed by atoms with Gasteiger partial charge in [0.25, 0.3) is 5.91 Å². The number of hydrogen-bond donors (Lipinski definition) is 2. The van der Waals surface area contributed by atoms with Gasteiger partial charge in [-0.25, -0.2) is 4.98 Å². The zero-order chi connectivity index (χ0) is 19.2. The first-order valence-electron chi connectivity index (χ1n) is 8.32. The molecule has 0 saturated carbocycles. The van der Waals surface area contributed by atoms with E-state index in [0.29, 0.717) is 22.1 Å². The van der Waals surface area contributed by atoms with Crippen LogP contribution in [-0.2, 0) is 4.79 Å². The lowest BCUT2D eigenvalue weighted by Gasteiger charge is -2.07. The zero-order valence-corrected chi connectivity index (χ0v) is 16.6. The number of nitrogens with one attached hydrogen (secondary N) is 2. The molecule has 3 rings (SSSR count). The average Bonchev–Trinajstić information content (AvgIpc) is 3.06. The minimum absolute atomic E-state index is 0.0915. The van der Waals surface area contributed by atoms with Crippen LogP contribution in [0.3, 0.4) is 0 Å². The Kier molecular flexibility index (Phi) is 6.26. The largest absolute Gasteiger partial charge is 0.322 e. The van der Waals surface area contributed by atoms with E-state index in [1.165, 1.54) is 23.1 Å². The summed E-state index contributed by atoms with van der Waals surface area (Å²) in [4.78, 5) is 29.4. The van der Waals surface area contributed by atoms with Crippen LogP contribution in [0, 0.1) is 13.8 Å². The molecule has 0 aliphatic carbocycles. The second-order valence-electron chi connectivity index (χ2n) is 5.98. The van der Waals surface area contributed by atoms with E-state index in [1.54, 1.807) is 6.07 Å². The highest BCUT2D eigenvalue weighted by molar-refractivity contribution is 8.00. The first-order valence-corrected chi connectivity index (χ1v) is 10.2. The van der Waals surface area contributed by atoms with Gasteiger partial charge in [-0.2, -0.15) is 0 Å². The van der Waals surface area contributed by atoms with Crippen molar-refractivity contribution in [1.29, 1.82) is 0 Å². The predicted octanol–water partition coefficient (Wildman–Crippen LogP) is 4.74. The average molecular weight is 398 g/mol. The number of nitrogens with zero attached hydrogens (tertiary/aromatic N) is 1. The Morgan fingerprint density at radius 3 is 2.52 bits per heavy atom. The van der Waals surface area contributed by atoms with Gasteiger partial charge in [-0.05, 0) is 50.2 Å². The quantitative estimate of drug-likeness (QED) is 0.589. The van der Waals surface area contributed by atoms with E-state index in [9.17, 15) is 9.59 Å². The van der Waals surface area contributed by atoms with Gasteiger partial charge in [-0.3, -0.25) is 9.59 Å². The second kappa shape index (κ2) is 8.83. The molecule has 5 nitrogen and oxygen atoms in total. The normalized spacial score (nSPS) is 10.4. The SMILES string of the molecule is Cc1cccc(C(=O)Nc2ccc(SCC(=O)Nc3nc(C)cs3)cc2)c1. The van der Waals surface area contributed by atoms with E-state index >= 15 is 0 Å². The fourth-order valence-electron chi connectivity index (χ4n) is 2.34. The van der Waals surface area contributed by atoms with Crippen LogP contribution in [-0.4, -0.2) is 22.6 Å². The lowest BCUT2D eigenvalue weighted by molar-refractivity contribution is -0.113. The van der Waals surface area contributed by atoms with Gasteiger partial charge >= 0.3 is 0 Å². The first-order chi connectivity index (χ1) is 13.0. The molecule has 138 valence electrons. The minimum atomic E-state index is -0.141. The molecule has 2 N–H and O–H groups in total. The van der Waals surface area contributed by atoms with Gasteiger partial charge in [0.15, 0.2) is 5.13 Å². The standard InChI is InChI=1S/C20H19N3O2S2/c1-13-4-3-5-15(10-13)19(25)22-16-6-8-17(9-7-16)26-12-18(24)23-20-21-14(2)11-27-20/h3-11H,12H2,1-2H3,(H,22,25)(H,21,23,24). The summed E-state index contributed by atoms with van der Waals surface area (Å²) in [5, 5.41) is 8.18. The monoisotopic (exact) mass is 397 g/mol.